The molecule has 6 nitrogen and oxygen atoms in total. The molecule has 1 aliphatic heterocycles. The number of nitrogens with two attached hydrogens (primary N) is 1. The van der Waals surface area contributed by atoms with Crippen LogP contribution in [0, 0.1) is 0 Å². The fourth-order valence-electron chi connectivity index (χ4n) is 5.62. The Kier molecular flexibility index (Phi) is 9.83. The molecule has 2 amide bonds. The number of halogens is 1. The maximum absolute atomic E-state index is 13.8. The van der Waals surface area contributed by atoms with Gasteiger partial charge < -0.3 is 21.3 Å². The van der Waals surface area contributed by atoms with Gasteiger partial charge in [-0.15, -0.1) is 0 Å². The number of nitrogens with zero attached hydrogens (tertiary/aromatic N) is 1. The van der Waals surface area contributed by atoms with Crippen LogP contribution in [0.1, 0.15) is 46.7 Å². The molecule has 1 heterocycles. The highest BCUT2D eigenvalue weighted by molar-refractivity contribution is 9.10. The van der Waals surface area contributed by atoms with Gasteiger partial charge in [0, 0.05) is 41.6 Å². The summed E-state index contributed by atoms with van der Waals surface area (Å²) in [4.78, 5) is 28.9. The lowest BCUT2D eigenvalue weighted by Crippen LogP contribution is -2.49. The molecule has 0 unspecified atom stereocenters. The molecular formula is C34H37BrN4O2. The summed E-state index contributed by atoms with van der Waals surface area (Å²) in [6, 6.07) is 32.2. The summed E-state index contributed by atoms with van der Waals surface area (Å²) in [6.07, 6.45) is 2.16. The van der Waals surface area contributed by atoms with Crippen LogP contribution in [0.25, 0.3) is 10.8 Å². The van der Waals surface area contributed by atoms with Gasteiger partial charge in [0.05, 0.1) is 6.04 Å². The number of hydrogen-bond donors (Lipinski definition) is 3. The van der Waals surface area contributed by atoms with Crippen LogP contribution in [0.3, 0.4) is 0 Å². The topological polar surface area (TPSA) is 87.5 Å². The van der Waals surface area contributed by atoms with Gasteiger partial charge in [-0.2, -0.15) is 0 Å². The summed E-state index contributed by atoms with van der Waals surface area (Å²) in [5, 5.41) is 8.76. The SMILES string of the molecule is NCCC[C@@H]1N[C@H](CNC(=O)c2ccc3cc(Br)ccc3c2)CCN(CC(c2ccccc2)c2ccccc2)C1=O. The van der Waals surface area contributed by atoms with Gasteiger partial charge in [-0.25, -0.2) is 0 Å². The summed E-state index contributed by atoms with van der Waals surface area (Å²) < 4.78 is 1.01. The molecule has 4 N–H and O–H groups in total. The first-order valence-corrected chi connectivity index (χ1v) is 15.1. The summed E-state index contributed by atoms with van der Waals surface area (Å²) in [6.45, 7) is 2.19. The van der Waals surface area contributed by atoms with Crippen molar-refractivity contribution in [3.63, 3.8) is 0 Å². The largest absolute Gasteiger partial charge is 0.350 e. The molecule has 1 saturated heterocycles. The Morgan fingerprint density at radius 1 is 0.951 bits per heavy atom. The molecule has 2 atom stereocenters. The van der Waals surface area contributed by atoms with Crippen molar-refractivity contribution in [3.8, 4) is 0 Å². The van der Waals surface area contributed by atoms with Crippen LogP contribution < -0.4 is 16.4 Å². The number of amides is 2. The zero-order chi connectivity index (χ0) is 28.6. The van der Waals surface area contributed by atoms with E-state index in [2.05, 4.69) is 50.8 Å². The maximum Gasteiger partial charge on any atom is 0.251 e. The van der Waals surface area contributed by atoms with Crippen LogP contribution in [0.4, 0.5) is 0 Å². The van der Waals surface area contributed by atoms with E-state index in [-0.39, 0.29) is 29.8 Å². The molecule has 1 fully saturated rings. The Morgan fingerprint density at radius 2 is 1.61 bits per heavy atom. The smallest absolute Gasteiger partial charge is 0.251 e. The van der Waals surface area contributed by atoms with Gasteiger partial charge in [-0.1, -0.05) is 88.7 Å². The van der Waals surface area contributed by atoms with Crippen molar-refractivity contribution in [3.05, 3.63) is 118 Å². The first kappa shape index (κ1) is 29.0. The second-order valence-electron chi connectivity index (χ2n) is 10.7. The molecule has 4 aromatic rings. The molecule has 0 radical (unpaired) electrons. The summed E-state index contributed by atoms with van der Waals surface area (Å²) in [5.41, 5.74) is 8.83. The first-order chi connectivity index (χ1) is 20.0. The van der Waals surface area contributed by atoms with Crippen LogP contribution in [0.15, 0.2) is 102 Å². The predicted octanol–water partition coefficient (Wildman–Crippen LogP) is 5.46. The van der Waals surface area contributed by atoms with Crippen LogP contribution in [0.2, 0.25) is 0 Å². The molecule has 5 rings (SSSR count). The summed E-state index contributed by atoms with van der Waals surface area (Å²) in [7, 11) is 0. The monoisotopic (exact) mass is 612 g/mol. The van der Waals surface area contributed by atoms with Gasteiger partial charge in [-0.3, -0.25) is 9.59 Å². The number of carbonyl (C=O) groups is 2. The Balaban J connectivity index is 1.29. The average Bonchev–Trinajstić information content (AvgIpc) is 3.16. The van der Waals surface area contributed by atoms with Crippen LogP contribution in [-0.2, 0) is 4.79 Å². The number of rotatable bonds is 10. The zero-order valence-corrected chi connectivity index (χ0v) is 24.7. The van der Waals surface area contributed by atoms with E-state index in [1.807, 2.05) is 77.7 Å². The fraction of sp³-hybridized carbons (Fsp3) is 0.294. The average molecular weight is 614 g/mol. The zero-order valence-electron chi connectivity index (χ0n) is 23.1. The second-order valence-corrected chi connectivity index (χ2v) is 11.6. The summed E-state index contributed by atoms with van der Waals surface area (Å²) >= 11 is 3.50. The first-order valence-electron chi connectivity index (χ1n) is 14.3. The Morgan fingerprint density at radius 3 is 2.29 bits per heavy atom. The molecule has 0 bridgehead atoms. The van der Waals surface area contributed by atoms with Crippen molar-refractivity contribution < 1.29 is 9.59 Å². The molecule has 212 valence electrons. The maximum atomic E-state index is 13.8. The number of nitrogens with one attached hydrogen (secondary N) is 2. The minimum absolute atomic E-state index is 0.0287. The molecular weight excluding hydrogens is 576 g/mol. The quantitative estimate of drug-likeness (QED) is 0.222. The lowest BCUT2D eigenvalue weighted by atomic mass is 9.90. The Hall–Kier alpha value is -3.52. The van der Waals surface area contributed by atoms with Gasteiger partial charge in [0.1, 0.15) is 0 Å². The van der Waals surface area contributed by atoms with E-state index in [4.69, 9.17) is 5.73 Å². The fourth-order valence-corrected chi connectivity index (χ4v) is 6.00. The van der Waals surface area contributed by atoms with Crippen LogP contribution in [0.5, 0.6) is 0 Å². The van der Waals surface area contributed by atoms with Crippen molar-refractivity contribution in [1.29, 1.82) is 0 Å². The van der Waals surface area contributed by atoms with E-state index >= 15 is 0 Å². The van der Waals surface area contributed by atoms with Gasteiger partial charge in [0.2, 0.25) is 5.91 Å². The lowest BCUT2D eigenvalue weighted by Gasteiger charge is -2.29. The molecule has 4 aromatic carbocycles. The summed E-state index contributed by atoms with van der Waals surface area (Å²) in [5.74, 6) is 0.0573. The highest BCUT2D eigenvalue weighted by Gasteiger charge is 2.32. The molecule has 7 heteroatoms. The molecule has 0 aromatic heterocycles. The lowest BCUT2D eigenvalue weighted by molar-refractivity contribution is -0.133. The number of benzene rings is 4. The number of fused-ring (bicyclic) bond motifs is 1. The van der Waals surface area contributed by atoms with Gasteiger partial charge in [-0.05, 0) is 72.0 Å². The molecule has 1 aliphatic rings. The second kappa shape index (κ2) is 13.9. The van der Waals surface area contributed by atoms with E-state index in [1.54, 1.807) is 0 Å². The minimum atomic E-state index is -0.339. The van der Waals surface area contributed by atoms with Crippen molar-refractivity contribution in [2.24, 2.45) is 5.73 Å². The molecule has 0 spiro atoms. The van der Waals surface area contributed by atoms with Crippen molar-refractivity contribution >= 4 is 38.5 Å². The van der Waals surface area contributed by atoms with E-state index < -0.39 is 0 Å². The molecule has 41 heavy (non-hydrogen) atoms. The van der Waals surface area contributed by atoms with E-state index in [0.29, 0.717) is 38.2 Å². The molecule has 0 aliphatic carbocycles. The van der Waals surface area contributed by atoms with Crippen molar-refractivity contribution in [2.75, 3.05) is 26.2 Å². The number of hydrogen-bond acceptors (Lipinski definition) is 4. The highest BCUT2D eigenvalue weighted by atomic mass is 79.9. The van der Waals surface area contributed by atoms with Crippen LogP contribution >= 0.6 is 15.9 Å². The van der Waals surface area contributed by atoms with Gasteiger partial charge >= 0.3 is 0 Å². The normalized spacial score (nSPS) is 17.5. The molecule has 0 saturated carbocycles. The van der Waals surface area contributed by atoms with E-state index in [9.17, 15) is 9.59 Å². The van der Waals surface area contributed by atoms with Crippen molar-refractivity contribution in [2.45, 2.75) is 37.3 Å². The van der Waals surface area contributed by atoms with Crippen molar-refractivity contribution in [1.82, 2.24) is 15.5 Å². The third kappa shape index (κ3) is 7.41. The van der Waals surface area contributed by atoms with Crippen LogP contribution in [-0.4, -0.2) is 55.0 Å². The Labute approximate surface area is 250 Å². The van der Waals surface area contributed by atoms with E-state index in [0.717, 1.165) is 28.1 Å². The predicted molar refractivity (Wildman–Crippen MR) is 169 cm³/mol. The van der Waals surface area contributed by atoms with E-state index in [1.165, 1.54) is 11.1 Å². The third-order valence-corrected chi connectivity index (χ3v) is 8.36. The highest BCUT2D eigenvalue weighted by Crippen LogP contribution is 2.27. The van der Waals surface area contributed by atoms with Gasteiger partial charge in [0.15, 0.2) is 0 Å². The Bertz CT molecular complexity index is 1420. The standard InChI is InChI=1S/C34H37BrN4O2/c35-29-16-15-26-20-28(14-13-27(26)21-29)33(40)37-22-30-17-19-39(34(41)32(38-30)12-7-18-36)23-31(24-8-3-1-4-9-24)25-10-5-2-6-11-25/h1-6,8-11,13-16,20-21,30-32,38H,7,12,17-19,22-23,36H2,(H,37,40)/t30-,32-/m0/s1. The minimum Gasteiger partial charge on any atom is -0.350 e. The third-order valence-electron chi connectivity index (χ3n) is 7.87. The van der Waals surface area contributed by atoms with Gasteiger partial charge in [0.25, 0.3) is 5.91 Å². The number of carbonyl (C=O) groups excluding carboxylic acids is 2.